The zero-order valence-corrected chi connectivity index (χ0v) is 22.3. The first kappa shape index (κ1) is 27.2. The second-order valence-electron chi connectivity index (χ2n) is 9.13. The van der Waals surface area contributed by atoms with Gasteiger partial charge in [-0.15, -0.1) is 11.3 Å². The number of sulfonamides is 1. The molecule has 2 aromatic carbocycles. The lowest BCUT2D eigenvalue weighted by molar-refractivity contribution is -0.158. The number of benzene rings is 2. The average molecular weight is 544 g/mol. The van der Waals surface area contributed by atoms with Crippen molar-refractivity contribution in [2.75, 3.05) is 32.2 Å². The summed E-state index contributed by atoms with van der Waals surface area (Å²) in [5.41, 5.74) is 2.35. The molecule has 3 aromatic rings. The second-order valence-corrected chi connectivity index (χ2v) is 11.9. The number of anilines is 1. The summed E-state index contributed by atoms with van der Waals surface area (Å²) >= 11 is 1.37. The van der Waals surface area contributed by atoms with Crippen molar-refractivity contribution in [1.29, 1.82) is 5.26 Å². The van der Waals surface area contributed by atoms with Gasteiger partial charge in [0.05, 0.1) is 19.3 Å². The van der Waals surface area contributed by atoms with Crippen molar-refractivity contribution in [3.05, 3.63) is 58.3 Å². The topological polar surface area (TPSA) is 143 Å². The molecule has 196 valence electrons. The summed E-state index contributed by atoms with van der Waals surface area (Å²) in [6, 6.07) is 16.6. The normalized spacial score (nSPS) is 22.9. The van der Waals surface area contributed by atoms with Gasteiger partial charge in [0.15, 0.2) is 4.91 Å². The van der Waals surface area contributed by atoms with E-state index < -0.39 is 45.9 Å². The number of thiophene rings is 1. The number of aliphatic hydroxyl groups is 3. The Balaban J connectivity index is 1.60. The van der Waals surface area contributed by atoms with E-state index in [0.717, 1.165) is 26.9 Å². The quantitative estimate of drug-likeness (QED) is 0.333. The molecule has 0 radical (unpaired) electrons. The van der Waals surface area contributed by atoms with Crippen molar-refractivity contribution >= 4 is 43.4 Å². The van der Waals surface area contributed by atoms with E-state index in [2.05, 4.69) is 22.9 Å². The van der Waals surface area contributed by atoms with E-state index in [-0.39, 0.29) is 12.2 Å². The zero-order valence-electron chi connectivity index (χ0n) is 20.6. The molecule has 1 aliphatic rings. The summed E-state index contributed by atoms with van der Waals surface area (Å²) in [4.78, 5) is 3.09. The molecule has 4 atom stereocenters. The molecule has 0 aliphatic carbocycles. The maximum Gasteiger partial charge on any atom is 0.251 e. The fourth-order valence-electron chi connectivity index (χ4n) is 4.22. The molecule has 1 aromatic heterocycles. The highest BCUT2D eigenvalue weighted by Crippen LogP contribution is 2.35. The van der Waals surface area contributed by atoms with Gasteiger partial charge < -0.3 is 25.0 Å². The maximum absolute atomic E-state index is 13.1. The van der Waals surface area contributed by atoms with Gasteiger partial charge in [-0.05, 0) is 59.2 Å². The number of ether oxygens (including phenoxy) is 1. The number of aliphatic hydroxyl groups excluding tert-OH is 3. The third-order valence-electron chi connectivity index (χ3n) is 6.43. The third kappa shape index (κ3) is 5.56. The molecule has 1 fully saturated rings. The number of nitriles is 1. The van der Waals surface area contributed by atoms with Crippen molar-refractivity contribution < 1.29 is 28.5 Å². The van der Waals surface area contributed by atoms with E-state index in [9.17, 15) is 29.0 Å². The smallest absolute Gasteiger partial charge is 0.251 e. The van der Waals surface area contributed by atoms with Crippen molar-refractivity contribution in [2.45, 2.75) is 31.3 Å². The second kappa shape index (κ2) is 10.9. The lowest BCUT2D eigenvalue weighted by Gasteiger charge is -2.36. The number of allylic oxidation sites excluding steroid dienone is 2. The monoisotopic (exact) mass is 543 g/mol. The predicted molar refractivity (Wildman–Crippen MR) is 144 cm³/mol. The molecule has 1 saturated heterocycles. The van der Waals surface area contributed by atoms with E-state index in [1.165, 1.54) is 11.3 Å². The molecular formula is C26H29N3O6S2. The molecule has 1 aliphatic heterocycles. The van der Waals surface area contributed by atoms with Gasteiger partial charge >= 0.3 is 0 Å². The molecule has 0 saturated carbocycles. The van der Waals surface area contributed by atoms with Crippen LogP contribution in [-0.2, 0) is 14.8 Å². The number of hydrogen-bond acceptors (Lipinski definition) is 9. The number of nitrogens with zero attached hydrogens (tertiary/aromatic N) is 2. The van der Waals surface area contributed by atoms with Gasteiger partial charge in [0.1, 0.15) is 24.4 Å². The molecule has 0 amide bonds. The first-order valence-corrected chi connectivity index (χ1v) is 13.9. The van der Waals surface area contributed by atoms with Crippen LogP contribution in [-0.4, -0.2) is 75.4 Å². The number of hydrogen-bond donors (Lipinski definition) is 4. The van der Waals surface area contributed by atoms with Crippen LogP contribution >= 0.6 is 11.3 Å². The van der Waals surface area contributed by atoms with Crippen molar-refractivity contribution in [3.8, 4) is 16.5 Å². The lowest BCUT2D eigenvalue weighted by atomic mass is 9.99. The Hall–Kier alpha value is -2.82. The Bertz CT molecular complexity index is 1470. The van der Waals surface area contributed by atoms with Crippen LogP contribution < -0.4 is 9.62 Å². The van der Waals surface area contributed by atoms with Gasteiger partial charge in [0.2, 0.25) is 0 Å². The highest BCUT2D eigenvalue weighted by Gasteiger charge is 2.40. The van der Waals surface area contributed by atoms with Crippen LogP contribution in [0.25, 0.3) is 26.8 Å². The Labute approximate surface area is 219 Å². The van der Waals surface area contributed by atoms with Crippen LogP contribution in [0.4, 0.5) is 5.69 Å². The summed E-state index contributed by atoms with van der Waals surface area (Å²) in [5, 5.41) is 41.5. The van der Waals surface area contributed by atoms with Crippen molar-refractivity contribution in [2.24, 2.45) is 0 Å². The van der Waals surface area contributed by atoms with Gasteiger partial charge in [-0.2, -0.15) is 5.26 Å². The number of rotatable bonds is 7. The Morgan fingerprint density at radius 1 is 1.14 bits per heavy atom. The third-order valence-corrected chi connectivity index (χ3v) is 9.23. The Kier molecular flexibility index (Phi) is 8.01. The van der Waals surface area contributed by atoms with Gasteiger partial charge in [0.25, 0.3) is 10.0 Å². The lowest BCUT2D eigenvalue weighted by Crippen LogP contribution is -2.59. The fraction of sp³-hybridized carbons (Fsp3) is 0.346. The minimum absolute atomic E-state index is 0.262. The average Bonchev–Trinajstić information content (AvgIpc) is 3.37. The van der Waals surface area contributed by atoms with E-state index >= 15 is 0 Å². The molecule has 4 N–H and O–H groups in total. The van der Waals surface area contributed by atoms with Crippen LogP contribution in [0.15, 0.2) is 53.4 Å². The van der Waals surface area contributed by atoms with Crippen LogP contribution in [0.5, 0.6) is 0 Å². The predicted octanol–water partition coefficient (Wildman–Crippen LogP) is 2.29. The van der Waals surface area contributed by atoms with Crippen LogP contribution in [0, 0.1) is 11.3 Å². The maximum atomic E-state index is 13.1. The summed E-state index contributed by atoms with van der Waals surface area (Å²) in [6.45, 7) is 0.776. The largest absolute Gasteiger partial charge is 0.394 e. The summed E-state index contributed by atoms with van der Waals surface area (Å²) in [6.07, 6.45) is -3.99. The van der Waals surface area contributed by atoms with Gasteiger partial charge in [-0.3, -0.25) is 0 Å². The van der Waals surface area contributed by atoms with E-state index in [1.807, 2.05) is 43.3 Å². The van der Waals surface area contributed by atoms with E-state index in [0.29, 0.717) is 4.88 Å². The van der Waals surface area contributed by atoms with Gasteiger partial charge in [-0.1, -0.05) is 18.2 Å². The summed E-state index contributed by atoms with van der Waals surface area (Å²) in [5.74, 6) is 0. The molecule has 0 unspecified atom stereocenters. The molecule has 4 rings (SSSR count). The zero-order chi connectivity index (χ0) is 26.9. The van der Waals surface area contributed by atoms with Gasteiger partial charge in [0, 0.05) is 29.5 Å². The first-order chi connectivity index (χ1) is 17.6. The molecule has 37 heavy (non-hydrogen) atoms. The summed E-state index contributed by atoms with van der Waals surface area (Å²) in [7, 11) is -0.356. The molecule has 9 nitrogen and oxygen atoms in total. The van der Waals surface area contributed by atoms with Crippen LogP contribution in [0.1, 0.15) is 11.8 Å². The van der Waals surface area contributed by atoms with Crippen LogP contribution in [0.3, 0.4) is 0 Å². The Morgan fingerprint density at radius 2 is 1.84 bits per heavy atom. The molecule has 11 heteroatoms. The molecular weight excluding hydrogens is 514 g/mol. The van der Waals surface area contributed by atoms with Crippen LogP contribution in [0.2, 0.25) is 0 Å². The molecule has 0 spiro atoms. The highest BCUT2D eigenvalue weighted by molar-refractivity contribution is 7.93. The summed E-state index contributed by atoms with van der Waals surface area (Å²) < 4.78 is 33.6. The first-order valence-electron chi connectivity index (χ1n) is 11.6. The van der Waals surface area contributed by atoms with Gasteiger partial charge in [-0.25, -0.2) is 13.1 Å². The fourth-order valence-corrected chi connectivity index (χ4v) is 6.65. The SMILES string of the molecule is C/C(=C(/C#N)S(=O)(=O)N[C@H]1CO[C@H](CO)[C@@H](O)[C@@H]1O)c1ccc(-c2ccc3cc(N(C)C)ccc3c2)s1. The Morgan fingerprint density at radius 3 is 2.51 bits per heavy atom. The molecule has 0 bridgehead atoms. The van der Waals surface area contributed by atoms with Crippen molar-refractivity contribution in [1.82, 2.24) is 4.72 Å². The minimum Gasteiger partial charge on any atom is -0.394 e. The highest BCUT2D eigenvalue weighted by atomic mass is 32.2. The standard InChI is InChI=1S/C26H29N3O6S2/c1-15(24(12-27)37(33,34)28-20-14-35-21(13-30)26(32)25(20)31)22-8-9-23(36-22)18-5-4-17-11-19(29(2)3)7-6-16(17)10-18/h4-11,20-21,25-26,28,30-32H,13-14H2,1-3H3/b24-15+/t20-,21+,25+,26+/m0/s1. The van der Waals surface area contributed by atoms with Crippen molar-refractivity contribution in [3.63, 3.8) is 0 Å². The number of nitrogens with one attached hydrogen (secondary N) is 1. The van der Waals surface area contributed by atoms with E-state index in [1.54, 1.807) is 19.1 Å². The van der Waals surface area contributed by atoms with E-state index in [4.69, 9.17) is 4.74 Å². The minimum atomic E-state index is -4.34. The molecule has 2 heterocycles. The number of fused-ring (bicyclic) bond motifs is 1.